The molecular formula is C16H22N4+2. The van der Waals surface area contributed by atoms with Gasteiger partial charge in [-0.3, -0.25) is 0 Å². The summed E-state index contributed by atoms with van der Waals surface area (Å²) in [5, 5.41) is 4.84. The predicted molar refractivity (Wildman–Crippen MR) is 78.4 cm³/mol. The monoisotopic (exact) mass is 270 g/mol. The molecule has 2 aromatic rings. The van der Waals surface area contributed by atoms with E-state index in [1.807, 2.05) is 0 Å². The minimum Gasteiger partial charge on any atom is -0.174 e. The molecule has 0 radical (unpaired) electrons. The summed E-state index contributed by atoms with van der Waals surface area (Å²) in [4.78, 5) is 0. The maximum atomic E-state index is 2.42. The Labute approximate surface area is 120 Å². The SMILES string of the molecule is CC1CN([n+]2ccccc2)C(C)CN1[n+]1ccccc1. The molecule has 0 N–H and O–H groups in total. The molecule has 4 nitrogen and oxygen atoms in total. The molecule has 0 aromatic carbocycles. The van der Waals surface area contributed by atoms with Crippen LogP contribution in [0.1, 0.15) is 13.8 Å². The fraction of sp³-hybridized carbons (Fsp3) is 0.375. The van der Waals surface area contributed by atoms with Gasteiger partial charge < -0.3 is 0 Å². The van der Waals surface area contributed by atoms with Crippen LogP contribution in [0.5, 0.6) is 0 Å². The van der Waals surface area contributed by atoms with Gasteiger partial charge in [-0.15, -0.1) is 0 Å². The summed E-state index contributed by atoms with van der Waals surface area (Å²) in [6, 6.07) is 13.4. The molecular weight excluding hydrogens is 248 g/mol. The number of nitrogens with zero attached hydrogens (tertiary/aromatic N) is 4. The summed E-state index contributed by atoms with van der Waals surface area (Å²) in [5.41, 5.74) is 0. The van der Waals surface area contributed by atoms with Crippen LogP contribution in [0.25, 0.3) is 0 Å². The molecule has 3 heterocycles. The van der Waals surface area contributed by atoms with Crippen LogP contribution >= 0.6 is 0 Å². The third kappa shape index (κ3) is 2.46. The Morgan fingerprint density at radius 3 is 1.35 bits per heavy atom. The van der Waals surface area contributed by atoms with Gasteiger partial charge in [-0.1, -0.05) is 21.5 Å². The van der Waals surface area contributed by atoms with Crippen LogP contribution in [0.4, 0.5) is 0 Å². The summed E-state index contributed by atoms with van der Waals surface area (Å²) in [5.74, 6) is 0. The van der Waals surface area contributed by atoms with Crippen LogP contribution in [-0.4, -0.2) is 25.2 Å². The van der Waals surface area contributed by atoms with Crippen LogP contribution in [0, 0.1) is 0 Å². The van der Waals surface area contributed by atoms with Crippen molar-refractivity contribution in [3.8, 4) is 0 Å². The highest BCUT2D eigenvalue weighted by Crippen LogP contribution is 2.07. The van der Waals surface area contributed by atoms with Crippen molar-refractivity contribution in [2.45, 2.75) is 25.9 Å². The Morgan fingerprint density at radius 2 is 1.00 bits per heavy atom. The summed E-state index contributed by atoms with van der Waals surface area (Å²) in [6.45, 7) is 6.58. The topological polar surface area (TPSA) is 14.2 Å². The van der Waals surface area contributed by atoms with Gasteiger partial charge in [0.2, 0.25) is 0 Å². The number of pyridine rings is 2. The van der Waals surface area contributed by atoms with E-state index in [1.165, 1.54) is 0 Å². The Kier molecular flexibility index (Phi) is 3.54. The van der Waals surface area contributed by atoms with Gasteiger partial charge in [-0.05, 0) is 13.8 Å². The van der Waals surface area contributed by atoms with Crippen LogP contribution in [0.2, 0.25) is 0 Å². The van der Waals surface area contributed by atoms with Crippen molar-refractivity contribution in [1.82, 2.24) is 0 Å². The van der Waals surface area contributed by atoms with E-state index in [2.05, 4.69) is 94.4 Å². The quantitative estimate of drug-likeness (QED) is 0.743. The molecule has 1 aliphatic heterocycles. The van der Waals surface area contributed by atoms with Crippen LogP contribution in [-0.2, 0) is 0 Å². The van der Waals surface area contributed by atoms with E-state index < -0.39 is 0 Å². The smallest absolute Gasteiger partial charge is 0.174 e. The van der Waals surface area contributed by atoms with E-state index in [0.29, 0.717) is 12.1 Å². The Morgan fingerprint density at radius 1 is 0.650 bits per heavy atom. The van der Waals surface area contributed by atoms with Crippen LogP contribution in [0.3, 0.4) is 0 Å². The minimum absolute atomic E-state index is 0.464. The number of hydrogen-bond donors (Lipinski definition) is 0. The zero-order chi connectivity index (χ0) is 13.9. The average molecular weight is 270 g/mol. The van der Waals surface area contributed by atoms with E-state index in [4.69, 9.17) is 0 Å². The van der Waals surface area contributed by atoms with Crippen LogP contribution < -0.4 is 19.4 Å². The second-order valence-corrected chi connectivity index (χ2v) is 5.45. The van der Waals surface area contributed by atoms with E-state index in [0.717, 1.165) is 13.1 Å². The van der Waals surface area contributed by atoms with Crippen molar-refractivity contribution in [3.05, 3.63) is 61.2 Å². The Balaban J connectivity index is 1.80. The van der Waals surface area contributed by atoms with Gasteiger partial charge in [-0.25, -0.2) is 0 Å². The normalized spacial score (nSPS) is 22.9. The lowest BCUT2D eigenvalue weighted by Crippen LogP contribution is -2.77. The summed E-state index contributed by atoms with van der Waals surface area (Å²) >= 11 is 0. The molecule has 1 saturated heterocycles. The maximum absolute atomic E-state index is 2.42. The summed E-state index contributed by atoms with van der Waals surface area (Å²) in [6.07, 6.45) is 8.48. The van der Waals surface area contributed by atoms with Gasteiger partial charge in [0.1, 0.15) is 12.1 Å². The number of piperazine rings is 1. The van der Waals surface area contributed by atoms with Crippen molar-refractivity contribution in [3.63, 3.8) is 0 Å². The fourth-order valence-electron chi connectivity index (χ4n) is 2.86. The highest BCUT2D eigenvalue weighted by atomic mass is 15.6. The highest BCUT2D eigenvalue weighted by Gasteiger charge is 2.37. The first-order valence-corrected chi connectivity index (χ1v) is 7.22. The van der Waals surface area contributed by atoms with Crippen molar-refractivity contribution in [1.29, 1.82) is 0 Å². The molecule has 1 aliphatic rings. The van der Waals surface area contributed by atoms with E-state index in [-0.39, 0.29) is 0 Å². The second-order valence-electron chi connectivity index (χ2n) is 5.45. The molecule has 4 heteroatoms. The zero-order valence-corrected chi connectivity index (χ0v) is 12.1. The molecule has 0 bridgehead atoms. The third-order valence-electron chi connectivity index (χ3n) is 3.91. The van der Waals surface area contributed by atoms with Crippen molar-refractivity contribution >= 4 is 0 Å². The lowest BCUT2D eigenvalue weighted by atomic mass is 10.1. The first-order chi connectivity index (χ1) is 9.75. The molecule has 20 heavy (non-hydrogen) atoms. The van der Waals surface area contributed by atoms with Crippen molar-refractivity contribution in [2.24, 2.45) is 0 Å². The second kappa shape index (κ2) is 5.49. The lowest BCUT2D eigenvalue weighted by molar-refractivity contribution is -0.717. The van der Waals surface area contributed by atoms with Gasteiger partial charge in [0.25, 0.3) is 0 Å². The van der Waals surface area contributed by atoms with E-state index in [1.54, 1.807) is 0 Å². The van der Waals surface area contributed by atoms with Gasteiger partial charge in [0.15, 0.2) is 24.8 Å². The standard InChI is InChI=1S/C16H22N4/c1-15-13-20(18-11-7-4-8-12-18)16(2)14-19(15)17-9-5-3-6-10-17/h3-12,15-16H,13-14H2,1-2H3/q+2. The largest absolute Gasteiger partial charge is 0.199 e. The average Bonchev–Trinajstić information content (AvgIpc) is 2.51. The molecule has 0 spiro atoms. The number of rotatable bonds is 2. The molecule has 1 fully saturated rings. The maximum Gasteiger partial charge on any atom is 0.199 e. The Bertz CT molecular complexity index is 491. The molecule has 0 amide bonds. The molecule has 2 aromatic heterocycles. The molecule has 0 saturated carbocycles. The van der Waals surface area contributed by atoms with E-state index >= 15 is 0 Å². The first kappa shape index (κ1) is 12.9. The molecule has 3 rings (SSSR count). The van der Waals surface area contributed by atoms with Gasteiger partial charge in [0.05, 0.1) is 13.1 Å². The number of aromatic nitrogens is 2. The molecule has 0 aliphatic carbocycles. The summed E-state index contributed by atoms with van der Waals surface area (Å²) in [7, 11) is 0. The van der Waals surface area contributed by atoms with Gasteiger partial charge >= 0.3 is 0 Å². The van der Waals surface area contributed by atoms with Crippen LogP contribution in [0.15, 0.2) is 61.2 Å². The molecule has 2 atom stereocenters. The first-order valence-electron chi connectivity index (χ1n) is 7.22. The van der Waals surface area contributed by atoms with Gasteiger partial charge in [-0.2, -0.15) is 10.0 Å². The van der Waals surface area contributed by atoms with Gasteiger partial charge in [0, 0.05) is 24.3 Å². The third-order valence-corrected chi connectivity index (χ3v) is 3.91. The molecule has 2 unspecified atom stereocenters. The fourth-order valence-corrected chi connectivity index (χ4v) is 2.86. The summed E-state index contributed by atoms with van der Waals surface area (Å²) < 4.78 is 4.41. The lowest BCUT2D eigenvalue weighted by Gasteiger charge is -2.37. The zero-order valence-electron chi connectivity index (χ0n) is 12.1. The predicted octanol–water partition coefficient (Wildman–Crippen LogP) is 0.628. The Hall–Kier alpha value is -2.10. The minimum atomic E-state index is 0.464. The van der Waals surface area contributed by atoms with Crippen molar-refractivity contribution < 1.29 is 9.35 Å². The van der Waals surface area contributed by atoms with Crippen molar-refractivity contribution in [2.75, 3.05) is 23.1 Å². The number of hydrogen-bond acceptors (Lipinski definition) is 2. The van der Waals surface area contributed by atoms with E-state index in [9.17, 15) is 0 Å². The highest BCUT2D eigenvalue weighted by molar-refractivity contribution is 5.02. The molecule has 104 valence electrons.